The molecule has 62 valence electrons. The van der Waals surface area contributed by atoms with Gasteiger partial charge in [0, 0.05) is 0 Å². The molecule has 0 atom stereocenters. The van der Waals surface area contributed by atoms with Gasteiger partial charge in [-0.15, -0.1) is 0 Å². The predicted molar refractivity (Wildman–Crippen MR) is 49.9 cm³/mol. The van der Waals surface area contributed by atoms with E-state index in [9.17, 15) is 0 Å². The van der Waals surface area contributed by atoms with Gasteiger partial charge < -0.3 is 0 Å². The Hall–Kier alpha value is 0.133. The normalized spacial score (nSPS) is 8.75. The summed E-state index contributed by atoms with van der Waals surface area (Å²) < 4.78 is 0. The van der Waals surface area contributed by atoms with Gasteiger partial charge in [0.2, 0.25) is 0 Å². The Morgan fingerprint density at radius 3 is 1.92 bits per heavy atom. The molecule has 1 rings (SSSR count). The van der Waals surface area contributed by atoms with Gasteiger partial charge in [0.1, 0.15) is 0 Å². The molecule has 2 heteroatoms. The molecule has 0 saturated carbocycles. The Labute approximate surface area is 89.0 Å². The van der Waals surface area contributed by atoms with Gasteiger partial charge in [-0.05, 0) is 0 Å². The maximum atomic E-state index is 4.76. The van der Waals surface area contributed by atoms with E-state index in [1.165, 1.54) is 11.1 Å². The van der Waals surface area contributed by atoms with Crippen LogP contribution in [0.1, 0.15) is 25.0 Å². The molecule has 0 radical (unpaired) electrons. The van der Waals surface area contributed by atoms with Crippen molar-refractivity contribution in [3.05, 3.63) is 35.4 Å². The van der Waals surface area contributed by atoms with E-state index in [-0.39, 0.29) is 0 Å². The van der Waals surface area contributed by atoms with Crippen LogP contribution >= 0.6 is 9.69 Å². The van der Waals surface area contributed by atoms with Crippen LogP contribution in [0.25, 0.3) is 0 Å². The predicted octanol–water partition coefficient (Wildman–Crippen LogP) is 3.30. The number of halogens is 1. The third-order valence-corrected chi connectivity index (χ3v) is 1.68. The Balaban J connectivity index is 0.000000561. The number of aryl methyl sites for hydroxylation is 2. The van der Waals surface area contributed by atoms with Gasteiger partial charge >= 0.3 is 27.0 Å². The summed E-state index contributed by atoms with van der Waals surface area (Å²) >= 11 is 0.847. The van der Waals surface area contributed by atoms with Crippen LogP contribution in [0, 0.1) is 6.07 Å². The molecule has 0 spiro atoms. The first-order chi connectivity index (χ1) is 5.86. The summed E-state index contributed by atoms with van der Waals surface area (Å²) in [4.78, 5) is 0. The zero-order valence-corrected chi connectivity index (χ0v) is 11.5. The molecule has 0 saturated heterocycles. The van der Waals surface area contributed by atoms with E-state index in [0.29, 0.717) is 0 Å². The van der Waals surface area contributed by atoms with Gasteiger partial charge in [0.15, 0.2) is 0 Å². The first-order valence-corrected chi connectivity index (χ1v) is 8.03. The van der Waals surface area contributed by atoms with Gasteiger partial charge in [-0.25, -0.2) is 0 Å². The molecule has 1 aromatic rings. The molecule has 0 nitrogen and oxygen atoms in total. The summed E-state index contributed by atoms with van der Waals surface area (Å²) in [6.45, 7) is 4.32. The van der Waals surface area contributed by atoms with Gasteiger partial charge in [0.25, 0.3) is 0 Å². The van der Waals surface area contributed by atoms with Crippen LogP contribution in [0.5, 0.6) is 0 Å². The summed E-state index contributed by atoms with van der Waals surface area (Å²) in [5.41, 5.74) is 2.64. The molecule has 0 bridgehead atoms. The molecule has 0 heterocycles. The van der Waals surface area contributed by atoms with Crippen molar-refractivity contribution >= 4 is 9.69 Å². The Kier molecular flexibility index (Phi) is 7.85. The molecule has 1 aromatic carbocycles. The molecular weight excluding hydrogens is 221 g/mol. The van der Waals surface area contributed by atoms with E-state index in [0.717, 1.165) is 30.2 Å². The van der Waals surface area contributed by atoms with Crippen LogP contribution in [0.3, 0.4) is 0 Å². The SMILES string of the molecule is CCc1[c-]c(CC)ccc1.[Cl][Zn+]. The molecular formula is C10H13ClZn. The van der Waals surface area contributed by atoms with E-state index < -0.39 is 0 Å². The van der Waals surface area contributed by atoms with Crippen molar-refractivity contribution in [2.24, 2.45) is 0 Å². The van der Waals surface area contributed by atoms with Crippen LogP contribution in [0.15, 0.2) is 18.2 Å². The van der Waals surface area contributed by atoms with Crippen molar-refractivity contribution < 1.29 is 17.3 Å². The van der Waals surface area contributed by atoms with Gasteiger partial charge in [-0.3, -0.25) is 0 Å². The Morgan fingerprint density at radius 2 is 1.58 bits per heavy atom. The molecule has 0 aliphatic carbocycles. The monoisotopic (exact) mass is 232 g/mol. The van der Waals surface area contributed by atoms with Crippen molar-refractivity contribution in [1.82, 2.24) is 0 Å². The zero-order chi connectivity index (χ0) is 9.40. The van der Waals surface area contributed by atoms with E-state index >= 15 is 0 Å². The second-order valence-corrected chi connectivity index (χ2v) is 2.41. The minimum atomic E-state index is 0.847. The first-order valence-electron chi connectivity index (χ1n) is 4.13. The standard InChI is InChI=1S/C10H13.ClH.Zn/c1-3-9-6-5-7-10(4-2)8-9;;/h5-7H,3-4H2,1-2H3;1H;/q-1;;+2/p-1. The van der Waals surface area contributed by atoms with Crippen LogP contribution < -0.4 is 0 Å². The quantitative estimate of drug-likeness (QED) is 0.544. The average Bonchev–Trinajstić information content (AvgIpc) is 2.21. The third-order valence-electron chi connectivity index (χ3n) is 1.68. The number of hydrogen-bond donors (Lipinski definition) is 0. The fraction of sp³-hybridized carbons (Fsp3) is 0.400. The molecule has 0 unspecified atom stereocenters. The first kappa shape index (κ1) is 12.1. The summed E-state index contributed by atoms with van der Waals surface area (Å²) in [5.74, 6) is 0. The van der Waals surface area contributed by atoms with Crippen molar-refractivity contribution in [3.8, 4) is 0 Å². The second kappa shape index (κ2) is 7.77. The topological polar surface area (TPSA) is 0 Å². The summed E-state index contributed by atoms with van der Waals surface area (Å²) in [5, 5.41) is 0. The minimum absolute atomic E-state index is 0.847. The Morgan fingerprint density at radius 1 is 1.17 bits per heavy atom. The fourth-order valence-electron chi connectivity index (χ4n) is 0.982. The molecule has 0 aliphatic heterocycles. The van der Waals surface area contributed by atoms with Gasteiger partial charge in [0.05, 0.1) is 0 Å². The second-order valence-electron chi connectivity index (χ2n) is 2.41. The summed E-state index contributed by atoms with van der Waals surface area (Å²) in [7, 11) is 4.76. The summed E-state index contributed by atoms with van der Waals surface area (Å²) in [6, 6.07) is 9.70. The molecule has 0 N–H and O–H groups in total. The molecule has 0 amide bonds. The van der Waals surface area contributed by atoms with E-state index in [4.69, 9.17) is 9.69 Å². The van der Waals surface area contributed by atoms with Crippen molar-refractivity contribution in [2.75, 3.05) is 0 Å². The van der Waals surface area contributed by atoms with Crippen molar-refractivity contribution in [2.45, 2.75) is 26.7 Å². The number of rotatable bonds is 2. The van der Waals surface area contributed by atoms with E-state index in [2.05, 4.69) is 38.1 Å². The number of hydrogen-bond acceptors (Lipinski definition) is 0. The maximum absolute atomic E-state index is 4.76. The zero-order valence-electron chi connectivity index (χ0n) is 7.73. The van der Waals surface area contributed by atoms with Crippen molar-refractivity contribution in [3.63, 3.8) is 0 Å². The van der Waals surface area contributed by atoms with Crippen LogP contribution in [0.2, 0.25) is 0 Å². The fourth-order valence-corrected chi connectivity index (χ4v) is 0.982. The van der Waals surface area contributed by atoms with Crippen LogP contribution in [0.4, 0.5) is 0 Å². The van der Waals surface area contributed by atoms with E-state index in [1.807, 2.05) is 0 Å². The molecule has 0 aliphatic rings. The molecule has 0 aromatic heterocycles. The van der Waals surface area contributed by atoms with Gasteiger partial charge in [-0.1, -0.05) is 26.7 Å². The van der Waals surface area contributed by atoms with Crippen LogP contribution in [-0.4, -0.2) is 0 Å². The molecule has 12 heavy (non-hydrogen) atoms. The average molecular weight is 234 g/mol. The summed E-state index contributed by atoms with van der Waals surface area (Å²) in [6.07, 6.45) is 2.18. The van der Waals surface area contributed by atoms with Crippen molar-refractivity contribution in [1.29, 1.82) is 0 Å². The third kappa shape index (κ3) is 4.23. The van der Waals surface area contributed by atoms with E-state index in [1.54, 1.807) is 0 Å². The van der Waals surface area contributed by atoms with Gasteiger partial charge in [-0.2, -0.15) is 35.4 Å². The molecule has 0 fully saturated rings. The Bertz CT molecular complexity index is 191. The number of benzene rings is 1. The van der Waals surface area contributed by atoms with Crippen LogP contribution in [-0.2, 0) is 30.2 Å².